The second kappa shape index (κ2) is 2.96. The van der Waals surface area contributed by atoms with E-state index in [1.807, 2.05) is 0 Å². The average molecular weight is 176 g/mol. The first-order chi connectivity index (χ1) is 4.02. The molecule has 0 aromatic carbocycles. The third-order valence-corrected chi connectivity index (χ3v) is 1.75. The molecule has 0 aromatic heterocycles. The molecule has 2 N–H and O–H groups in total. The molecule has 10 heavy (non-hydrogen) atoms. The van der Waals surface area contributed by atoms with Crippen LogP contribution in [0.4, 0.5) is 13.2 Å². The Balaban J connectivity index is 0.000000810. The zero-order chi connectivity index (χ0) is 7.07. The van der Waals surface area contributed by atoms with Gasteiger partial charge < -0.3 is 5.73 Å². The van der Waals surface area contributed by atoms with Crippen LogP contribution in [0, 0.1) is 5.92 Å². The maximum Gasteiger partial charge on any atom is 0.393 e. The molecule has 1 aliphatic carbocycles. The highest BCUT2D eigenvalue weighted by Gasteiger charge is 2.48. The summed E-state index contributed by atoms with van der Waals surface area (Å²) in [4.78, 5) is 0. The van der Waals surface area contributed by atoms with Gasteiger partial charge in [0.1, 0.15) is 0 Å². The molecule has 0 spiro atoms. The van der Waals surface area contributed by atoms with Crippen LogP contribution in [-0.2, 0) is 0 Å². The SMILES string of the molecule is Cl.NC1CCC1C(F)(F)F. The van der Waals surface area contributed by atoms with E-state index in [4.69, 9.17) is 5.73 Å². The van der Waals surface area contributed by atoms with Gasteiger partial charge in [0.2, 0.25) is 0 Å². The summed E-state index contributed by atoms with van der Waals surface area (Å²) in [6.45, 7) is 0. The zero-order valence-corrected chi connectivity index (χ0v) is 6.00. The second-order valence-electron chi connectivity index (χ2n) is 2.39. The molecule has 1 saturated carbocycles. The van der Waals surface area contributed by atoms with Crippen molar-refractivity contribution in [1.29, 1.82) is 0 Å². The van der Waals surface area contributed by atoms with E-state index in [2.05, 4.69) is 0 Å². The van der Waals surface area contributed by atoms with Crippen molar-refractivity contribution in [3.05, 3.63) is 0 Å². The summed E-state index contributed by atoms with van der Waals surface area (Å²) in [5.74, 6) is -1.22. The van der Waals surface area contributed by atoms with Gasteiger partial charge >= 0.3 is 6.18 Å². The molecular formula is C5H9ClF3N. The predicted octanol–water partition coefficient (Wildman–Crippen LogP) is 1.71. The lowest BCUT2D eigenvalue weighted by Gasteiger charge is -2.34. The van der Waals surface area contributed by atoms with Crippen molar-refractivity contribution in [3.8, 4) is 0 Å². The van der Waals surface area contributed by atoms with E-state index < -0.39 is 18.1 Å². The van der Waals surface area contributed by atoms with E-state index in [0.29, 0.717) is 6.42 Å². The number of halogens is 4. The molecule has 0 amide bonds. The predicted molar refractivity (Wildman–Crippen MR) is 34.0 cm³/mol. The summed E-state index contributed by atoms with van der Waals surface area (Å²) in [6.07, 6.45) is -3.33. The molecule has 1 aliphatic rings. The highest BCUT2D eigenvalue weighted by molar-refractivity contribution is 5.85. The van der Waals surface area contributed by atoms with Crippen LogP contribution in [0.2, 0.25) is 0 Å². The molecule has 5 heteroatoms. The second-order valence-corrected chi connectivity index (χ2v) is 2.39. The van der Waals surface area contributed by atoms with E-state index >= 15 is 0 Å². The summed E-state index contributed by atoms with van der Waals surface area (Å²) in [6, 6.07) is -0.634. The van der Waals surface area contributed by atoms with E-state index in [1.165, 1.54) is 0 Å². The van der Waals surface area contributed by atoms with Crippen molar-refractivity contribution >= 4 is 12.4 Å². The first-order valence-electron chi connectivity index (χ1n) is 2.84. The summed E-state index contributed by atoms with van der Waals surface area (Å²) in [5, 5.41) is 0. The van der Waals surface area contributed by atoms with Crippen LogP contribution < -0.4 is 5.73 Å². The maximum atomic E-state index is 11.7. The summed E-state index contributed by atoms with van der Waals surface area (Å²) in [7, 11) is 0. The molecule has 2 atom stereocenters. The monoisotopic (exact) mass is 175 g/mol. The van der Waals surface area contributed by atoms with E-state index in [1.54, 1.807) is 0 Å². The Morgan fingerprint density at radius 1 is 1.20 bits per heavy atom. The van der Waals surface area contributed by atoms with Gasteiger partial charge in [-0.2, -0.15) is 13.2 Å². The number of rotatable bonds is 0. The minimum atomic E-state index is -4.06. The van der Waals surface area contributed by atoms with E-state index in [-0.39, 0.29) is 18.8 Å². The van der Waals surface area contributed by atoms with E-state index in [0.717, 1.165) is 0 Å². The highest BCUT2D eigenvalue weighted by atomic mass is 35.5. The molecule has 62 valence electrons. The topological polar surface area (TPSA) is 26.0 Å². The molecular weight excluding hydrogens is 167 g/mol. The first kappa shape index (κ1) is 10.0. The molecule has 2 unspecified atom stereocenters. The molecule has 1 nitrogen and oxygen atoms in total. The van der Waals surface area contributed by atoms with Crippen LogP contribution in [0.5, 0.6) is 0 Å². The van der Waals surface area contributed by atoms with Gasteiger partial charge in [0.15, 0.2) is 0 Å². The summed E-state index contributed by atoms with van der Waals surface area (Å²) >= 11 is 0. The maximum absolute atomic E-state index is 11.7. The third kappa shape index (κ3) is 1.76. The lowest BCUT2D eigenvalue weighted by Crippen LogP contribution is -2.47. The Morgan fingerprint density at radius 3 is 1.70 bits per heavy atom. The van der Waals surface area contributed by atoms with Crippen molar-refractivity contribution < 1.29 is 13.2 Å². The molecule has 0 aromatic rings. The molecule has 0 heterocycles. The van der Waals surface area contributed by atoms with Gasteiger partial charge in [-0.15, -0.1) is 12.4 Å². The van der Waals surface area contributed by atoms with Crippen molar-refractivity contribution in [2.24, 2.45) is 11.7 Å². The van der Waals surface area contributed by atoms with Gasteiger partial charge in [0, 0.05) is 6.04 Å². The minimum Gasteiger partial charge on any atom is -0.327 e. The van der Waals surface area contributed by atoms with Crippen LogP contribution in [0.15, 0.2) is 0 Å². The molecule has 0 radical (unpaired) electrons. The van der Waals surface area contributed by atoms with Crippen LogP contribution in [0.25, 0.3) is 0 Å². The number of alkyl halides is 3. The molecule has 0 bridgehead atoms. The molecule has 0 saturated heterocycles. The van der Waals surface area contributed by atoms with Crippen LogP contribution in [-0.4, -0.2) is 12.2 Å². The van der Waals surface area contributed by atoms with Gasteiger partial charge in [0.25, 0.3) is 0 Å². The molecule has 1 fully saturated rings. The normalized spacial score (nSPS) is 32.4. The number of hydrogen-bond donors (Lipinski definition) is 1. The van der Waals surface area contributed by atoms with Crippen LogP contribution >= 0.6 is 12.4 Å². The van der Waals surface area contributed by atoms with Crippen molar-refractivity contribution in [2.75, 3.05) is 0 Å². The fourth-order valence-electron chi connectivity index (χ4n) is 0.932. The minimum absolute atomic E-state index is 0. The smallest absolute Gasteiger partial charge is 0.327 e. The Hall–Kier alpha value is 0.0400. The fourth-order valence-corrected chi connectivity index (χ4v) is 0.932. The highest BCUT2D eigenvalue weighted by Crippen LogP contribution is 2.39. The van der Waals surface area contributed by atoms with Crippen molar-refractivity contribution in [3.63, 3.8) is 0 Å². The third-order valence-electron chi connectivity index (χ3n) is 1.75. The fraction of sp³-hybridized carbons (Fsp3) is 1.00. The van der Waals surface area contributed by atoms with Crippen molar-refractivity contribution in [2.45, 2.75) is 25.1 Å². The molecule has 0 aliphatic heterocycles. The first-order valence-corrected chi connectivity index (χ1v) is 2.84. The van der Waals surface area contributed by atoms with E-state index in [9.17, 15) is 13.2 Å². The Morgan fingerprint density at radius 2 is 1.70 bits per heavy atom. The Bertz CT molecular complexity index is 114. The van der Waals surface area contributed by atoms with Crippen molar-refractivity contribution in [1.82, 2.24) is 0 Å². The zero-order valence-electron chi connectivity index (χ0n) is 5.19. The lowest BCUT2D eigenvalue weighted by molar-refractivity contribution is -0.199. The number of hydrogen-bond acceptors (Lipinski definition) is 1. The summed E-state index contributed by atoms with van der Waals surface area (Å²) < 4.78 is 35.0. The quantitative estimate of drug-likeness (QED) is 0.596. The largest absolute Gasteiger partial charge is 0.393 e. The van der Waals surface area contributed by atoms with Gasteiger partial charge in [-0.1, -0.05) is 0 Å². The van der Waals surface area contributed by atoms with Gasteiger partial charge in [-0.05, 0) is 12.8 Å². The summed E-state index contributed by atoms with van der Waals surface area (Å²) in [5.41, 5.74) is 5.09. The van der Waals surface area contributed by atoms with Crippen LogP contribution in [0.3, 0.4) is 0 Å². The average Bonchev–Trinajstić information content (AvgIpc) is 1.57. The standard InChI is InChI=1S/C5H8F3N.ClH/c6-5(7,8)3-1-2-4(3)9;/h3-4H,1-2,9H2;1H. The van der Waals surface area contributed by atoms with Gasteiger partial charge in [0.05, 0.1) is 5.92 Å². The Kier molecular flexibility index (Phi) is 2.98. The molecule has 1 rings (SSSR count). The van der Waals surface area contributed by atoms with Gasteiger partial charge in [-0.25, -0.2) is 0 Å². The number of nitrogens with two attached hydrogens (primary N) is 1. The van der Waals surface area contributed by atoms with Crippen LogP contribution in [0.1, 0.15) is 12.8 Å². The Labute approximate surface area is 63.2 Å². The van der Waals surface area contributed by atoms with Gasteiger partial charge in [-0.3, -0.25) is 0 Å². The lowest BCUT2D eigenvalue weighted by atomic mass is 9.80.